The van der Waals surface area contributed by atoms with Crippen molar-refractivity contribution in [2.24, 2.45) is 29.4 Å². The van der Waals surface area contributed by atoms with E-state index < -0.39 is 11.5 Å². The van der Waals surface area contributed by atoms with Crippen molar-refractivity contribution >= 4 is 5.91 Å². The van der Waals surface area contributed by atoms with Gasteiger partial charge in [0.2, 0.25) is 5.91 Å². The molecule has 4 heteroatoms. The molecule has 0 radical (unpaired) electrons. The van der Waals surface area contributed by atoms with E-state index in [2.05, 4.69) is 16.8 Å². The molecule has 5 rings (SSSR count). The third kappa shape index (κ3) is 2.12. The standard InChI is InChI=1S/C18H20N2O2/c19-17(21)13-2-4-20-16(10-13)1-3-18(22)14-6-11-5-12(8-14)9-15(18)7-11/h2,4,10-12,14-15,22H,5-9H2,(H2,19,21). The van der Waals surface area contributed by atoms with Crippen LogP contribution in [-0.4, -0.2) is 21.6 Å². The van der Waals surface area contributed by atoms with Crippen LogP contribution in [0.4, 0.5) is 0 Å². The number of carbonyl (C=O) groups excluding carboxylic acids is 1. The summed E-state index contributed by atoms with van der Waals surface area (Å²) in [6, 6.07) is 3.17. The third-order valence-corrected chi connectivity index (χ3v) is 5.82. The summed E-state index contributed by atoms with van der Waals surface area (Å²) in [5.74, 6) is 7.80. The smallest absolute Gasteiger partial charge is 0.248 e. The Hall–Kier alpha value is -1.86. The monoisotopic (exact) mass is 296 g/mol. The van der Waals surface area contributed by atoms with Gasteiger partial charge < -0.3 is 10.8 Å². The highest BCUT2D eigenvalue weighted by molar-refractivity contribution is 5.92. The first-order chi connectivity index (χ1) is 10.5. The molecule has 0 atom stereocenters. The predicted octanol–water partition coefficient (Wildman–Crippen LogP) is 1.72. The Morgan fingerprint density at radius 2 is 1.86 bits per heavy atom. The van der Waals surface area contributed by atoms with Crippen molar-refractivity contribution in [2.45, 2.75) is 37.7 Å². The third-order valence-electron chi connectivity index (χ3n) is 5.82. The minimum atomic E-state index is -0.877. The lowest BCUT2D eigenvalue weighted by atomic mass is 9.50. The molecule has 0 saturated heterocycles. The summed E-state index contributed by atoms with van der Waals surface area (Å²) in [5.41, 5.74) is 5.30. The Balaban J connectivity index is 1.63. The Bertz CT molecular complexity index is 658. The highest BCUT2D eigenvalue weighted by Crippen LogP contribution is 2.58. The van der Waals surface area contributed by atoms with Crippen molar-refractivity contribution in [2.75, 3.05) is 0 Å². The van der Waals surface area contributed by atoms with Gasteiger partial charge in [-0.2, -0.15) is 0 Å². The summed E-state index contributed by atoms with van der Waals surface area (Å²) in [4.78, 5) is 15.4. The molecule has 0 spiro atoms. The number of aromatic nitrogens is 1. The van der Waals surface area contributed by atoms with Gasteiger partial charge in [0.1, 0.15) is 11.3 Å². The Labute approximate surface area is 130 Å². The van der Waals surface area contributed by atoms with Gasteiger partial charge in [-0.15, -0.1) is 0 Å². The average Bonchev–Trinajstić information content (AvgIpc) is 2.50. The summed E-state index contributed by atoms with van der Waals surface area (Å²) in [6.07, 6.45) is 7.30. The van der Waals surface area contributed by atoms with Crippen LogP contribution in [-0.2, 0) is 0 Å². The Kier molecular flexibility index (Phi) is 3.02. The number of rotatable bonds is 1. The maximum Gasteiger partial charge on any atom is 0.248 e. The molecule has 3 N–H and O–H groups in total. The van der Waals surface area contributed by atoms with Gasteiger partial charge in [-0.3, -0.25) is 4.79 Å². The van der Waals surface area contributed by atoms with Crippen molar-refractivity contribution in [3.63, 3.8) is 0 Å². The summed E-state index contributed by atoms with van der Waals surface area (Å²) < 4.78 is 0. The predicted molar refractivity (Wildman–Crippen MR) is 81.6 cm³/mol. The van der Waals surface area contributed by atoms with E-state index in [4.69, 9.17) is 5.73 Å². The first kappa shape index (κ1) is 13.8. The summed E-state index contributed by atoms with van der Waals surface area (Å²) >= 11 is 0. The summed E-state index contributed by atoms with van der Waals surface area (Å²) in [7, 11) is 0. The molecule has 4 bridgehead atoms. The molecule has 114 valence electrons. The maximum absolute atomic E-state index is 11.2. The van der Waals surface area contributed by atoms with Crippen LogP contribution in [0, 0.1) is 35.5 Å². The average molecular weight is 296 g/mol. The highest BCUT2D eigenvalue weighted by atomic mass is 16.3. The highest BCUT2D eigenvalue weighted by Gasteiger charge is 2.55. The van der Waals surface area contributed by atoms with Crippen LogP contribution in [0.25, 0.3) is 0 Å². The van der Waals surface area contributed by atoms with Gasteiger partial charge in [-0.05, 0) is 73.8 Å². The molecule has 1 aromatic heterocycles. The van der Waals surface area contributed by atoms with Gasteiger partial charge in [0.15, 0.2) is 0 Å². The zero-order valence-electron chi connectivity index (χ0n) is 12.5. The number of amides is 1. The molecule has 4 aliphatic carbocycles. The number of nitrogens with zero attached hydrogens (tertiary/aromatic N) is 1. The number of nitrogens with two attached hydrogens (primary N) is 1. The van der Waals surface area contributed by atoms with E-state index in [9.17, 15) is 9.90 Å². The molecule has 0 aliphatic heterocycles. The first-order valence-corrected chi connectivity index (χ1v) is 8.06. The number of carbonyl (C=O) groups is 1. The van der Waals surface area contributed by atoms with E-state index in [-0.39, 0.29) is 0 Å². The van der Waals surface area contributed by atoms with Crippen molar-refractivity contribution in [1.29, 1.82) is 0 Å². The van der Waals surface area contributed by atoms with Gasteiger partial charge >= 0.3 is 0 Å². The van der Waals surface area contributed by atoms with Crippen molar-refractivity contribution in [3.8, 4) is 11.8 Å². The van der Waals surface area contributed by atoms with Crippen LogP contribution in [0.15, 0.2) is 18.3 Å². The fourth-order valence-electron chi connectivity index (χ4n) is 4.92. The molecule has 0 aromatic carbocycles. The number of hydrogen-bond acceptors (Lipinski definition) is 3. The van der Waals surface area contributed by atoms with Gasteiger partial charge in [-0.1, -0.05) is 5.92 Å². The second kappa shape index (κ2) is 4.82. The van der Waals surface area contributed by atoms with Gasteiger partial charge in [-0.25, -0.2) is 4.98 Å². The van der Waals surface area contributed by atoms with Gasteiger partial charge in [0, 0.05) is 11.8 Å². The minimum absolute atomic E-state index is 0.301. The SMILES string of the molecule is NC(=O)c1ccnc(C#CC2(O)C3CC4CC(C3)CC2C4)c1. The molecule has 4 nitrogen and oxygen atoms in total. The van der Waals surface area contributed by atoms with E-state index in [0.717, 1.165) is 37.5 Å². The molecule has 0 unspecified atom stereocenters. The lowest BCUT2D eigenvalue weighted by Gasteiger charge is -2.56. The summed E-state index contributed by atoms with van der Waals surface area (Å²) in [5, 5.41) is 11.1. The minimum Gasteiger partial charge on any atom is -0.377 e. The van der Waals surface area contributed by atoms with E-state index in [1.807, 2.05) is 0 Å². The quantitative estimate of drug-likeness (QED) is 0.775. The molecule has 4 saturated carbocycles. The van der Waals surface area contributed by atoms with E-state index in [1.165, 1.54) is 12.6 Å². The molecule has 1 aromatic rings. The molecule has 4 aliphatic rings. The lowest BCUT2D eigenvalue weighted by molar-refractivity contribution is -0.136. The van der Waals surface area contributed by atoms with Crippen LogP contribution < -0.4 is 5.73 Å². The van der Waals surface area contributed by atoms with Crippen molar-refractivity contribution in [1.82, 2.24) is 4.98 Å². The largest absolute Gasteiger partial charge is 0.377 e. The zero-order chi connectivity index (χ0) is 15.3. The number of primary amides is 1. The van der Waals surface area contributed by atoms with Crippen LogP contribution in [0.2, 0.25) is 0 Å². The van der Waals surface area contributed by atoms with Crippen LogP contribution in [0.1, 0.15) is 48.2 Å². The number of aliphatic hydroxyl groups is 1. The molecule has 22 heavy (non-hydrogen) atoms. The van der Waals surface area contributed by atoms with Crippen molar-refractivity contribution in [3.05, 3.63) is 29.6 Å². The first-order valence-electron chi connectivity index (χ1n) is 8.06. The Morgan fingerprint density at radius 1 is 1.23 bits per heavy atom. The molecular weight excluding hydrogens is 276 g/mol. The Morgan fingerprint density at radius 3 is 2.45 bits per heavy atom. The molecule has 1 heterocycles. The van der Waals surface area contributed by atoms with Crippen LogP contribution in [0.3, 0.4) is 0 Å². The van der Waals surface area contributed by atoms with Crippen molar-refractivity contribution < 1.29 is 9.90 Å². The maximum atomic E-state index is 11.2. The van der Waals surface area contributed by atoms with E-state index in [1.54, 1.807) is 12.1 Å². The topological polar surface area (TPSA) is 76.2 Å². The summed E-state index contributed by atoms with van der Waals surface area (Å²) in [6.45, 7) is 0. The second-order valence-electron chi connectivity index (χ2n) is 7.17. The number of pyridine rings is 1. The van der Waals surface area contributed by atoms with Gasteiger partial charge in [0.05, 0.1) is 0 Å². The molecule has 1 amide bonds. The van der Waals surface area contributed by atoms with Crippen LogP contribution >= 0.6 is 0 Å². The normalized spacial score (nSPS) is 38.4. The zero-order valence-corrected chi connectivity index (χ0v) is 12.5. The fourth-order valence-corrected chi connectivity index (χ4v) is 4.92. The number of hydrogen-bond donors (Lipinski definition) is 2. The van der Waals surface area contributed by atoms with Gasteiger partial charge in [0.25, 0.3) is 0 Å². The molecular formula is C18H20N2O2. The molecule has 4 fully saturated rings. The fraction of sp³-hybridized carbons (Fsp3) is 0.556. The second-order valence-corrected chi connectivity index (χ2v) is 7.17. The van der Waals surface area contributed by atoms with Crippen LogP contribution in [0.5, 0.6) is 0 Å². The van der Waals surface area contributed by atoms with E-state index >= 15 is 0 Å². The van der Waals surface area contributed by atoms with E-state index in [0.29, 0.717) is 23.1 Å². The lowest BCUT2D eigenvalue weighted by Crippen LogP contribution is -2.56.